The van der Waals surface area contributed by atoms with E-state index in [0.29, 0.717) is 19.4 Å². The molecular weight excluding hydrogens is 474 g/mol. The van der Waals surface area contributed by atoms with Crippen LogP contribution in [0.2, 0.25) is 0 Å². The van der Waals surface area contributed by atoms with Crippen molar-refractivity contribution >= 4 is 17.1 Å². The van der Waals surface area contributed by atoms with E-state index in [1.54, 1.807) is 7.11 Å². The summed E-state index contributed by atoms with van der Waals surface area (Å²) in [6, 6.07) is 24.6. The largest absolute Gasteiger partial charge is 0.497 e. The minimum Gasteiger partial charge on any atom is -0.497 e. The van der Waals surface area contributed by atoms with Crippen molar-refractivity contribution in [1.29, 1.82) is 0 Å². The molecule has 0 fully saturated rings. The van der Waals surface area contributed by atoms with Crippen LogP contribution in [0.3, 0.4) is 0 Å². The Kier molecular flexibility index (Phi) is 8.77. The highest BCUT2D eigenvalue weighted by Crippen LogP contribution is 2.49. The van der Waals surface area contributed by atoms with E-state index >= 15 is 0 Å². The third-order valence-corrected chi connectivity index (χ3v) is 6.96. The standard InChI is InChI=1S/C33H39NO4/c1-6-7-21-34(4)30(35)14-11-22-37-26-17-15-24(16-18-26)31-28-20-19-27(36-5)23-29(28)38-33(2,3)32(31)25-12-9-8-10-13-25/h8-10,12-13,15-20,23H,6-7,11,14,21-22H2,1-5H3. The molecule has 4 rings (SSSR count). The summed E-state index contributed by atoms with van der Waals surface area (Å²) < 4.78 is 18.0. The number of hydrogen-bond donors (Lipinski definition) is 0. The van der Waals surface area contributed by atoms with E-state index < -0.39 is 5.60 Å². The Morgan fingerprint density at radius 1 is 0.921 bits per heavy atom. The summed E-state index contributed by atoms with van der Waals surface area (Å²) in [7, 11) is 3.54. The van der Waals surface area contributed by atoms with Crippen molar-refractivity contribution < 1.29 is 19.0 Å². The molecule has 3 aromatic carbocycles. The number of unbranched alkanes of at least 4 members (excludes halogenated alkanes) is 1. The molecule has 5 heteroatoms. The summed E-state index contributed by atoms with van der Waals surface area (Å²) >= 11 is 0. The molecule has 0 atom stereocenters. The van der Waals surface area contributed by atoms with E-state index in [9.17, 15) is 4.79 Å². The number of ether oxygens (including phenoxy) is 3. The molecule has 0 saturated heterocycles. The lowest BCUT2D eigenvalue weighted by Crippen LogP contribution is -2.34. The van der Waals surface area contributed by atoms with E-state index in [-0.39, 0.29) is 5.91 Å². The molecule has 0 aliphatic carbocycles. The van der Waals surface area contributed by atoms with Crippen LogP contribution in [0.5, 0.6) is 17.2 Å². The highest BCUT2D eigenvalue weighted by molar-refractivity contribution is 6.04. The fourth-order valence-electron chi connectivity index (χ4n) is 4.92. The van der Waals surface area contributed by atoms with Crippen LogP contribution in [-0.4, -0.2) is 43.7 Å². The smallest absolute Gasteiger partial charge is 0.222 e. The van der Waals surface area contributed by atoms with Gasteiger partial charge in [-0.25, -0.2) is 0 Å². The monoisotopic (exact) mass is 513 g/mol. The second-order valence-corrected chi connectivity index (χ2v) is 10.2. The zero-order valence-corrected chi connectivity index (χ0v) is 23.3. The first-order valence-corrected chi connectivity index (χ1v) is 13.5. The third kappa shape index (κ3) is 6.21. The maximum Gasteiger partial charge on any atom is 0.222 e. The summed E-state index contributed by atoms with van der Waals surface area (Å²) in [5.41, 5.74) is 4.97. The van der Waals surface area contributed by atoms with Crippen molar-refractivity contribution in [3.8, 4) is 17.2 Å². The average Bonchev–Trinajstić information content (AvgIpc) is 2.93. The van der Waals surface area contributed by atoms with Gasteiger partial charge in [0.25, 0.3) is 0 Å². The topological polar surface area (TPSA) is 48.0 Å². The Bertz CT molecular complexity index is 1260. The van der Waals surface area contributed by atoms with E-state index in [4.69, 9.17) is 14.2 Å². The van der Waals surface area contributed by atoms with E-state index in [1.165, 1.54) is 0 Å². The number of amides is 1. The van der Waals surface area contributed by atoms with Gasteiger partial charge in [-0.3, -0.25) is 4.79 Å². The lowest BCUT2D eigenvalue weighted by atomic mass is 9.79. The first-order chi connectivity index (χ1) is 18.3. The van der Waals surface area contributed by atoms with Gasteiger partial charge in [0.2, 0.25) is 5.91 Å². The number of benzene rings is 3. The van der Waals surface area contributed by atoms with Gasteiger partial charge < -0.3 is 19.1 Å². The molecule has 38 heavy (non-hydrogen) atoms. The van der Waals surface area contributed by atoms with Gasteiger partial charge >= 0.3 is 0 Å². The summed E-state index contributed by atoms with van der Waals surface area (Å²) in [5, 5.41) is 0. The quantitative estimate of drug-likeness (QED) is 0.254. The Morgan fingerprint density at radius 2 is 1.63 bits per heavy atom. The fourth-order valence-corrected chi connectivity index (χ4v) is 4.92. The fraction of sp³-hybridized carbons (Fsp3) is 0.364. The van der Waals surface area contributed by atoms with Crippen molar-refractivity contribution in [2.24, 2.45) is 0 Å². The summed E-state index contributed by atoms with van der Waals surface area (Å²) in [6.45, 7) is 7.67. The van der Waals surface area contributed by atoms with Crippen LogP contribution in [0.15, 0.2) is 72.8 Å². The van der Waals surface area contributed by atoms with Crippen molar-refractivity contribution in [3.05, 3.63) is 89.5 Å². The molecule has 3 aromatic rings. The first kappa shape index (κ1) is 27.3. The molecule has 1 amide bonds. The predicted molar refractivity (Wildman–Crippen MR) is 154 cm³/mol. The highest BCUT2D eigenvalue weighted by Gasteiger charge is 2.36. The van der Waals surface area contributed by atoms with Crippen molar-refractivity contribution in [2.75, 3.05) is 27.3 Å². The molecule has 0 N–H and O–H groups in total. The molecule has 0 aromatic heterocycles. The van der Waals surface area contributed by atoms with E-state index in [2.05, 4.69) is 63.2 Å². The maximum absolute atomic E-state index is 12.3. The molecule has 200 valence electrons. The first-order valence-electron chi connectivity index (χ1n) is 13.5. The lowest BCUT2D eigenvalue weighted by Gasteiger charge is -2.38. The Hall–Kier alpha value is -3.73. The van der Waals surface area contributed by atoms with Gasteiger partial charge in [-0.05, 0) is 62.1 Å². The second-order valence-electron chi connectivity index (χ2n) is 10.2. The SMILES string of the molecule is CCCCN(C)C(=O)CCCOc1ccc(C2=C(c3ccccc3)C(C)(C)Oc3cc(OC)ccc32)cc1. The molecule has 0 bridgehead atoms. The van der Waals surface area contributed by atoms with Crippen LogP contribution in [-0.2, 0) is 4.79 Å². The van der Waals surface area contributed by atoms with Crippen molar-refractivity contribution in [3.63, 3.8) is 0 Å². The number of nitrogens with zero attached hydrogens (tertiary/aromatic N) is 1. The number of carbonyl (C=O) groups excluding carboxylic acids is 1. The van der Waals surface area contributed by atoms with Gasteiger partial charge in [-0.15, -0.1) is 0 Å². The molecule has 5 nitrogen and oxygen atoms in total. The molecule has 1 heterocycles. The molecule has 0 spiro atoms. The molecule has 1 aliphatic heterocycles. The molecular formula is C33H39NO4. The number of methoxy groups -OCH3 is 1. The third-order valence-electron chi connectivity index (χ3n) is 6.96. The Labute approximate surface area is 227 Å². The Morgan fingerprint density at radius 3 is 2.32 bits per heavy atom. The number of fused-ring (bicyclic) bond motifs is 1. The zero-order valence-electron chi connectivity index (χ0n) is 23.3. The Balaban J connectivity index is 1.57. The number of rotatable bonds is 11. The minimum atomic E-state index is -0.554. The van der Waals surface area contributed by atoms with Crippen LogP contribution >= 0.6 is 0 Å². The highest BCUT2D eigenvalue weighted by atomic mass is 16.5. The van der Waals surface area contributed by atoms with Crippen LogP contribution in [0, 0.1) is 0 Å². The van der Waals surface area contributed by atoms with E-state index in [1.807, 2.05) is 42.3 Å². The molecule has 0 radical (unpaired) electrons. The molecule has 1 aliphatic rings. The zero-order chi connectivity index (χ0) is 27.1. The summed E-state index contributed by atoms with van der Waals surface area (Å²) in [4.78, 5) is 14.1. The maximum atomic E-state index is 12.3. The minimum absolute atomic E-state index is 0.176. The van der Waals surface area contributed by atoms with Gasteiger partial charge in [-0.1, -0.05) is 55.8 Å². The van der Waals surface area contributed by atoms with Gasteiger partial charge in [0.05, 0.1) is 13.7 Å². The number of carbonyl (C=O) groups is 1. The van der Waals surface area contributed by atoms with Crippen molar-refractivity contribution in [1.82, 2.24) is 4.90 Å². The summed E-state index contributed by atoms with van der Waals surface area (Å²) in [5.74, 6) is 2.54. The van der Waals surface area contributed by atoms with Gasteiger partial charge in [0.1, 0.15) is 22.8 Å². The molecule has 0 saturated carbocycles. The number of hydrogen-bond acceptors (Lipinski definition) is 4. The van der Waals surface area contributed by atoms with Gasteiger partial charge in [0.15, 0.2) is 0 Å². The van der Waals surface area contributed by atoms with Crippen LogP contribution < -0.4 is 14.2 Å². The van der Waals surface area contributed by atoms with Gasteiger partial charge in [0, 0.05) is 42.8 Å². The van der Waals surface area contributed by atoms with Crippen LogP contribution in [0.25, 0.3) is 11.1 Å². The van der Waals surface area contributed by atoms with Crippen LogP contribution in [0.1, 0.15) is 63.1 Å². The molecule has 0 unspecified atom stereocenters. The van der Waals surface area contributed by atoms with E-state index in [0.717, 1.165) is 64.5 Å². The van der Waals surface area contributed by atoms with Crippen LogP contribution in [0.4, 0.5) is 0 Å². The second kappa shape index (κ2) is 12.2. The van der Waals surface area contributed by atoms with Gasteiger partial charge in [-0.2, -0.15) is 0 Å². The van der Waals surface area contributed by atoms with Crippen molar-refractivity contribution in [2.45, 2.75) is 52.1 Å². The predicted octanol–water partition coefficient (Wildman–Crippen LogP) is 7.24. The summed E-state index contributed by atoms with van der Waals surface area (Å²) in [6.07, 6.45) is 3.32. The average molecular weight is 514 g/mol. The normalized spacial score (nSPS) is 13.9. The lowest BCUT2D eigenvalue weighted by molar-refractivity contribution is -0.130.